The minimum atomic E-state index is -4.83. The van der Waals surface area contributed by atoms with Crippen LogP contribution in [0.3, 0.4) is 0 Å². The lowest BCUT2D eigenvalue weighted by Gasteiger charge is -2.29. The van der Waals surface area contributed by atoms with Crippen LogP contribution in [-0.2, 0) is 17.5 Å². The Bertz CT molecular complexity index is 1160. The van der Waals surface area contributed by atoms with Crippen molar-refractivity contribution >= 4 is 11.0 Å². The molecule has 0 fully saturated rings. The van der Waals surface area contributed by atoms with Crippen molar-refractivity contribution in [2.75, 3.05) is 19.9 Å². The van der Waals surface area contributed by atoms with Gasteiger partial charge in [-0.1, -0.05) is 30.3 Å². The molecule has 0 saturated carbocycles. The van der Waals surface area contributed by atoms with E-state index in [4.69, 9.17) is 13.9 Å². The minimum absolute atomic E-state index is 0.0809. The Morgan fingerprint density at radius 3 is 2.56 bits per heavy atom. The third-order valence-electron chi connectivity index (χ3n) is 5.29. The quantitative estimate of drug-likeness (QED) is 0.471. The average Bonchev–Trinajstić information content (AvgIpc) is 2.76. The van der Waals surface area contributed by atoms with Crippen LogP contribution in [0, 0.1) is 0 Å². The molecule has 0 atom stereocenters. The fourth-order valence-corrected chi connectivity index (χ4v) is 3.83. The number of halogens is 3. The van der Waals surface area contributed by atoms with Gasteiger partial charge in [-0.25, -0.2) is 0 Å². The molecule has 0 N–H and O–H groups in total. The van der Waals surface area contributed by atoms with Gasteiger partial charge in [0.1, 0.15) is 18.1 Å². The molecule has 1 aliphatic heterocycles. The summed E-state index contributed by atoms with van der Waals surface area (Å²) in [6, 6.07) is 10.9. The molecule has 8 heteroatoms. The number of rotatable bonds is 6. The summed E-state index contributed by atoms with van der Waals surface area (Å²) in [4.78, 5) is 15.2. The highest BCUT2D eigenvalue weighted by atomic mass is 19.4. The number of hydrogen-bond acceptors (Lipinski definition) is 5. The van der Waals surface area contributed by atoms with E-state index in [-0.39, 0.29) is 22.6 Å². The number of alkyl halides is 3. The summed E-state index contributed by atoms with van der Waals surface area (Å²) in [5.41, 5.74) is -0.667. The molecule has 170 valence electrons. The van der Waals surface area contributed by atoms with Crippen LogP contribution < -0.4 is 10.2 Å². The van der Waals surface area contributed by atoms with Gasteiger partial charge < -0.3 is 13.9 Å². The van der Waals surface area contributed by atoms with Crippen LogP contribution in [0.25, 0.3) is 22.1 Å². The molecule has 0 saturated heterocycles. The molecule has 1 aromatic heterocycles. The molecule has 4 rings (SSSR count). The Labute approximate surface area is 183 Å². The minimum Gasteiger partial charge on any atom is -0.478 e. The number of hydrogen-bond donors (Lipinski definition) is 0. The van der Waals surface area contributed by atoms with E-state index in [1.807, 2.05) is 18.7 Å². The van der Waals surface area contributed by atoms with Gasteiger partial charge in [0.25, 0.3) is 0 Å². The van der Waals surface area contributed by atoms with Crippen LogP contribution in [0.1, 0.15) is 31.6 Å². The summed E-state index contributed by atoms with van der Waals surface area (Å²) in [6.07, 6.45) is -3.95. The lowest BCUT2D eigenvalue weighted by atomic mass is 10.00. The second-order valence-electron chi connectivity index (χ2n) is 8.02. The molecule has 5 nitrogen and oxygen atoms in total. The van der Waals surface area contributed by atoms with Crippen molar-refractivity contribution in [3.05, 3.63) is 64.0 Å². The molecule has 32 heavy (non-hydrogen) atoms. The Kier molecular flexibility index (Phi) is 6.26. The summed E-state index contributed by atoms with van der Waals surface area (Å²) >= 11 is 0. The van der Waals surface area contributed by atoms with Gasteiger partial charge in [0.05, 0.1) is 22.6 Å². The van der Waals surface area contributed by atoms with E-state index in [1.165, 1.54) is 18.2 Å². The third kappa shape index (κ3) is 4.52. The average molecular weight is 447 g/mol. The first-order valence-electron chi connectivity index (χ1n) is 10.5. The lowest BCUT2D eigenvalue weighted by molar-refractivity contribution is -0.152. The standard InChI is InChI=1S/C24H24F3NO4/c1-15(2)30-12-6-11-28-13-18-19(31-14-28)10-9-17-21(29)20(16-7-4-3-5-8-16)23(24(25,26)27)32-22(17)18/h3-5,7-10,15H,6,11-14H2,1-2H3. The number of benzene rings is 2. The number of nitrogens with zero attached hydrogens (tertiary/aromatic N) is 1. The van der Waals surface area contributed by atoms with Crippen LogP contribution in [-0.4, -0.2) is 30.9 Å². The summed E-state index contributed by atoms with van der Waals surface area (Å²) in [6.45, 7) is 5.75. The highest BCUT2D eigenvalue weighted by Gasteiger charge is 2.40. The van der Waals surface area contributed by atoms with Gasteiger partial charge in [0.15, 0.2) is 0 Å². The third-order valence-corrected chi connectivity index (χ3v) is 5.29. The van der Waals surface area contributed by atoms with Crippen molar-refractivity contribution in [3.8, 4) is 16.9 Å². The summed E-state index contributed by atoms with van der Waals surface area (Å²) in [5.74, 6) is -0.868. The van der Waals surface area contributed by atoms with Gasteiger partial charge >= 0.3 is 6.18 Å². The van der Waals surface area contributed by atoms with Crippen molar-refractivity contribution in [1.29, 1.82) is 0 Å². The van der Waals surface area contributed by atoms with Gasteiger partial charge in [-0.2, -0.15) is 13.2 Å². The maximum atomic E-state index is 13.9. The maximum Gasteiger partial charge on any atom is 0.450 e. The van der Waals surface area contributed by atoms with E-state index in [1.54, 1.807) is 24.3 Å². The molecular formula is C24H24F3NO4. The second-order valence-corrected chi connectivity index (χ2v) is 8.02. The summed E-state index contributed by atoms with van der Waals surface area (Å²) < 4.78 is 58.5. The molecule has 0 spiro atoms. The van der Waals surface area contributed by atoms with Crippen molar-refractivity contribution < 1.29 is 27.1 Å². The number of ether oxygens (including phenoxy) is 2. The fraction of sp³-hybridized carbons (Fsp3) is 0.375. The van der Waals surface area contributed by atoms with E-state index >= 15 is 0 Å². The fourth-order valence-electron chi connectivity index (χ4n) is 3.83. The topological polar surface area (TPSA) is 51.9 Å². The van der Waals surface area contributed by atoms with E-state index in [0.29, 0.717) is 37.7 Å². The summed E-state index contributed by atoms with van der Waals surface area (Å²) in [5, 5.41) is 0.101. The molecule has 0 aliphatic carbocycles. The highest BCUT2D eigenvalue weighted by molar-refractivity contribution is 5.87. The lowest BCUT2D eigenvalue weighted by Crippen LogP contribution is -2.33. The van der Waals surface area contributed by atoms with Crippen molar-refractivity contribution in [2.24, 2.45) is 0 Å². The first-order valence-corrected chi connectivity index (χ1v) is 10.5. The van der Waals surface area contributed by atoms with Crippen LogP contribution in [0.2, 0.25) is 0 Å². The molecule has 3 aromatic rings. The highest BCUT2D eigenvalue weighted by Crippen LogP contribution is 2.40. The summed E-state index contributed by atoms with van der Waals surface area (Å²) in [7, 11) is 0. The Morgan fingerprint density at radius 1 is 1.12 bits per heavy atom. The first kappa shape index (κ1) is 22.4. The number of fused-ring (bicyclic) bond motifs is 3. The van der Waals surface area contributed by atoms with Crippen LogP contribution in [0.15, 0.2) is 51.7 Å². The van der Waals surface area contributed by atoms with Gasteiger partial charge in [-0.3, -0.25) is 9.69 Å². The van der Waals surface area contributed by atoms with Crippen LogP contribution >= 0.6 is 0 Å². The zero-order valence-electron chi connectivity index (χ0n) is 17.9. The van der Waals surface area contributed by atoms with E-state index in [0.717, 1.165) is 6.42 Å². The molecule has 2 heterocycles. The van der Waals surface area contributed by atoms with Crippen molar-refractivity contribution in [1.82, 2.24) is 4.90 Å². The van der Waals surface area contributed by atoms with Gasteiger partial charge in [0.2, 0.25) is 11.2 Å². The van der Waals surface area contributed by atoms with E-state index in [9.17, 15) is 18.0 Å². The predicted molar refractivity (Wildman–Crippen MR) is 115 cm³/mol. The molecular weight excluding hydrogens is 423 g/mol. The second kappa shape index (κ2) is 8.96. The van der Waals surface area contributed by atoms with E-state index < -0.39 is 22.9 Å². The molecule has 0 unspecified atom stereocenters. The van der Waals surface area contributed by atoms with Gasteiger partial charge in [-0.15, -0.1) is 0 Å². The Balaban J connectivity index is 1.77. The molecule has 2 aromatic carbocycles. The smallest absolute Gasteiger partial charge is 0.450 e. The first-order chi connectivity index (χ1) is 15.3. The molecule has 0 bridgehead atoms. The normalized spacial score (nSPS) is 14.6. The van der Waals surface area contributed by atoms with Crippen LogP contribution in [0.5, 0.6) is 5.75 Å². The van der Waals surface area contributed by atoms with Crippen molar-refractivity contribution in [2.45, 2.75) is 39.1 Å². The Morgan fingerprint density at radius 2 is 1.88 bits per heavy atom. The largest absolute Gasteiger partial charge is 0.478 e. The monoisotopic (exact) mass is 447 g/mol. The molecule has 1 aliphatic rings. The predicted octanol–water partition coefficient (Wildman–Crippen LogP) is 5.45. The zero-order valence-corrected chi connectivity index (χ0v) is 17.9. The zero-order chi connectivity index (χ0) is 22.9. The van der Waals surface area contributed by atoms with Gasteiger partial charge in [0, 0.05) is 19.7 Å². The Hall–Kier alpha value is -2.84. The molecule has 0 amide bonds. The molecule has 0 radical (unpaired) electrons. The van der Waals surface area contributed by atoms with E-state index in [2.05, 4.69) is 0 Å². The van der Waals surface area contributed by atoms with Crippen LogP contribution in [0.4, 0.5) is 13.2 Å². The van der Waals surface area contributed by atoms with Gasteiger partial charge in [-0.05, 0) is 38.0 Å². The van der Waals surface area contributed by atoms with Crippen molar-refractivity contribution in [3.63, 3.8) is 0 Å². The SMILES string of the molecule is CC(C)OCCCN1COc2ccc3c(=O)c(-c4ccccc4)c(C(F)(F)F)oc3c2C1. The maximum absolute atomic E-state index is 13.9.